The van der Waals surface area contributed by atoms with Gasteiger partial charge in [-0.1, -0.05) is 55.0 Å². The Hall–Kier alpha value is -2.15. The SMILES string of the molecule is CCN(CC)CCN(C(=O)CCOc1ccccc1)c1nc2ccc(Cl)cc2s1. The van der Waals surface area contributed by atoms with Crippen molar-refractivity contribution in [2.45, 2.75) is 20.3 Å². The van der Waals surface area contributed by atoms with E-state index in [1.165, 1.54) is 11.3 Å². The fourth-order valence-corrected chi connectivity index (χ4v) is 4.30. The molecule has 0 aliphatic carbocycles. The molecule has 0 N–H and O–H groups in total. The molecule has 0 unspecified atom stereocenters. The fourth-order valence-electron chi connectivity index (χ4n) is 3.02. The Labute approximate surface area is 180 Å². The van der Waals surface area contributed by atoms with Crippen LogP contribution in [0.1, 0.15) is 20.3 Å². The number of ether oxygens (including phenoxy) is 1. The van der Waals surface area contributed by atoms with Crippen LogP contribution in [-0.2, 0) is 4.79 Å². The number of carbonyl (C=O) groups excluding carboxylic acids is 1. The number of anilines is 1. The Bertz CT molecular complexity index is 928. The molecule has 3 aromatic rings. The zero-order chi connectivity index (χ0) is 20.6. The molecule has 7 heteroatoms. The molecule has 0 atom stereocenters. The second-order valence-electron chi connectivity index (χ2n) is 6.59. The zero-order valence-electron chi connectivity index (χ0n) is 16.8. The van der Waals surface area contributed by atoms with Crippen LogP contribution in [0.2, 0.25) is 5.02 Å². The van der Waals surface area contributed by atoms with Crippen LogP contribution in [0.4, 0.5) is 5.13 Å². The molecule has 0 bridgehead atoms. The van der Waals surface area contributed by atoms with E-state index in [0.717, 1.165) is 35.6 Å². The number of nitrogens with zero attached hydrogens (tertiary/aromatic N) is 3. The highest BCUT2D eigenvalue weighted by molar-refractivity contribution is 7.22. The van der Waals surface area contributed by atoms with Gasteiger partial charge in [-0.05, 0) is 43.4 Å². The summed E-state index contributed by atoms with van der Waals surface area (Å²) in [6.45, 7) is 7.89. The minimum atomic E-state index is 0.0123. The molecule has 5 nitrogen and oxygen atoms in total. The number of rotatable bonds is 10. The van der Waals surface area contributed by atoms with Gasteiger partial charge in [-0.3, -0.25) is 9.69 Å². The van der Waals surface area contributed by atoms with Gasteiger partial charge in [-0.2, -0.15) is 0 Å². The monoisotopic (exact) mass is 431 g/mol. The third-order valence-electron chi connectivity index (χ3n) is 4.73. The molecular weight excluding hydrogens is 406 g/mol. The highest BCUT2D eigenvalue weighted by Crippen LogP contribution is 2.31. The molecule has 2 aromatic carbocycles. The fraction of sp³-hybridized carbons (Fsp3) is 0.364. The van der Waals surface area contributed by atoms with Gasteiger partial charge < -0.3 is 9.64 Å². The normalized spacial score (nSPS) is 11.2. The average molecular weight is 432 g/mol. The van der Waals surface area contributed by atoms with E-state index in [4.69, 9.17) is 16.3 Å². The number of amides is 1. The molecule has 3 rings (SSSR count). The van der Waals surface area contributed by atoms with Crippen LogP contribution >= 0.6 is 22.9 Å². The molecule has 29 heavy (non-hydrogen) atoms. The summed E-state index contributed by atoms with van der Waals surface area (Å²) in [6, 6.07) is 15.2. The highest BCUT2D eigenvalue weighted by atomic mass is 35.5. The first-order valence-corrected chi connectivity index (χ1v) is 11.1. The number of aromatic nitrogens is 1. The van der Waals surface area contributed by atoms with Crippen molar-refractivity contribution in [3.05, 3.63) is 53.6 Å². The number of likely N-dealkylation sites (N-methyl/N-ethyl adjacent to an activating group) is 1. The van der Waals surface area contributed by atoms with Gasteiger partial charge in [0.05, 0.1) is 23.2 Å². The maximum atomic E-state index is 13.0. The maximum Gasteiger partial charge on any atom is 0.232 e. The molecule has 0 saturated heterocycles. The molecule has 1 aromatic heterocycles. The molecule has 1 heterocycles. The predicted molar refractivity (Wildman–Crippen MR) is 121 cm³/mol. The van der Waals surface area contributed by atoms with Crippen molar-refractivity contribution >= 4 is 44.2 Å². The van der Waals surface area contributed by atoms with Crippen molar-refractivity contribution in [2.75, 3.05) is 37.7 Å². The van der Waals surface area contributed by atoms with Crippen LogP contribution in [-0.4, -0.2) is 48.6 Å². The number of benzene rings is 2. The average Bonchev–Trinajstić information content (AvgIpc) is 3.14. The first-order chi connectivity index (χ1) is 14.1. The summed E-state index contributed by atoms with van der Waals surface area (Å²) < 4.78 is 6.69. The first kappa shape index (κ1) is 21.6. The topological polar surface area (TPSA) is 45.7 Å². The van der Waals surface area contributed by atoms with E-state index < -0.39 is 0 Å². The van der Waals surface area contributed by atoms with E-state index in [-0.39, 0.29) is 5.91 Å². The minimum Gasteiger partial charge on any atom is -0.493 e. The van der Waals surface area contributed by atoms with E-state index >= 15 is 0 Å². The zero-order valence-corrected chi connectivity index (χ0v) is 18.4. The Balaban J connectivity index is 1.72. The molecule has 0 fully saturated rings. The third kappa shape index (κ3) is 5.92. The Kier molecular flexibility index (Phi) is 7.86. The summed E-state index contributed by atoms with van der Waals surface area (Å²) in [5, 5.41) is 1.38. The quantitative estimate of drug-likeness (QED) is 0.448. The molecule has 0 saturated carbocycles. The molecule has 0 aliphatic heterocycles. The van der Waals surface area contributed by atoms with Crippen LogP contribution in [0.5, 0.6) is 5.75 Å². The molecule has 0 aliphatic rings. The largest absolute Gasteiger partial charge is 0.493 e. The van der Waals surface area contributed by atoms with Gasteiger partial charge in [0.1, 0.15) is 5.75 Å². The van der Waals surface area contributed by atoms with E-state index in [0.29, 0.717) is 29.7 Å². The minimum absolute atomic E-state index is 0.0123. The van der Waals surface area contributed by atoms with Crippen LogP contribution in [0, 0.1) is 0 Å². The number of para-hydroxylation sites is 1. The smallest absolute Gasteiger partial charge is 0.232 e. The molecular formula is C22H26ClN3O2S. The molecule has 0 radical (unpaired) electrons. The van der Waals surface area contributed by atoms with Crippen molar-refractivity contribution in [1.29, 1.82) is 0 Å². The first-order valence-electron chi connectivity index (χ1n) is 9.87. The highest BCUT2D eigenvalue weighted by Gasteiger charge is 2.20. The summed E-state index contributed by atoms with van der Waals surface area (Å²) in [5.41, 5.74) is 0.857. The van der Waals surface area contributed by atoms with Gasteiger partial charge in [0.2, 0.25) is 5.91 Å². The van der Waals surface area contributed by atoms with E-state index in [2.05, 4.69) is 23.7 Å². The second-order valence-corrected chi connectivity index (χ2v) is 8.04. The van der Waals surface area contributed by atoms with Crippen LogP contribution < -0.4 is 9.64 Å². The lowest BCUT2D eigenvalue weighted by Gasteiger charge is -2.24. The van der Waals surface area contributed by atoms with Crippen molar-refractivity contribution in [2.24, 2.45) is 0 Å². The van der Waals surface area contributed by atoms with Gasteiger partial charge in [0.15, 0.2) is 5.13 Å². The molecule has 154 valence electrons. The maximum absolute atomic E-state index is 13.0. The standard InChI is InChI=1S/C22H26ClN3O2S/c1-3-25(4-2)13-14-26(21(27)12-15-28-18-8-6-5-7-9-18)22-24-19-11-10-17(23)16-20(19)29-22/h5-11,16H,3-4,12-15H2,1-2H3. The van der Waals surface area contributed by atoms with Crippen LogP contribution in [0.15, 0.2) is 48.5 Å². The Morgan fingerprint density at radius 1 is 1.10 bits per heavy atom. The summed E-state index contributed by atoms with van der Waals surface area (Å²) in [6.07, 6.45) is 0.295. The van der Waals surface area contributed by atoms with Gasteiger partial charge in [-0.25, -0.2) is 4.98 Å². The summed E-state index contributed by atoms with van der Waals surface area (Å²) >= 11 is 7.61. The number of thiazole rings is 1. The predicted octanol–water partition coefficient (Wildman–Crippen LogP) is 5.09. The number of halogens is 1. The lowest BCUT2D eigenvalue weighted by molar-refractivity contribution is -0.119. The van der Waals surface area contributed by atoms with Crippen LogP contribution in [0.3, 0.4) is 0 Å². The number of hydrogen-bond donors (Lipinski definition) is 0. The van der Waals surface area contributed by atoms with Crippen molar-refractivity contribution in [3.8, 4) is 5.75 Å². The van der Waals surface area contributed by atoms with Crippen molar-refractivity contribution in [3.63, 3.8) is 0 Å². The number of hydrogen-bond acceptors (Lipinski definition) is 5. The number of carbonyl (C=O) groups is 1. The lowest BCUT2D eigenvalue weighted by Crippen LogP contribution is -2.39. The lowest BCUT2D eigenvalue weighted by atomic mass is 10.3. The van der Waals surface area contributed by atoms with E-state index in [9.17, 15) is 4.79 Å². The van der Waals surface area contributed by atoms with E-state index in [1.807, 2.05) is 48.5 Å². The summed E-state index contributed by atoms with van der Waals surface area (Å²) in [5.74, 6) is 0.780. The molecule has 0 spiro atoms. The van der Waals surface area contributed by atoms with Gasteiger partial charge in [0, 0.05) is 18.1 Å². The Morgan fingerprint density at radius 3 is 2.59 bits per heavy atom. The van der Waals surface area contributed by atoms with Gasteiger partial charge in [-0.15, -0.1) is 0 Å². The summed E-state index contributed by atoms with van der Waals surface area (Å²) in [4.78, 5) is 21.8. The summed E-state index contributed by atoms with van der Waals surface area (Å²) in [7, 11) is 0. The Morgan fingerprint density at radius 2 is 1.86 bits per heavy atom. The number of fused-ring (bicyclic) bond motifs is 1. The van der Waals surface area contributed by atoms with Crippen LogP contribution in [0.25, 0.3) is 10.2 Å². The van der Waals surface area contributed by atoms with E-state index in [1.54, 1.807) is 4.90 Å². The van der Waals surface area contributed by atoms with Gasteiger partial charge >= 0.3 is 0 Å². The third-order valence-corrected chi connectivity index (χ3v) is 6.01. The van der Waals surface area contributed by atoms with Crippen molar-refractivity contribution < 1.29 is 9.53 Å². The second kappa shape index (κ2) is 10.6. The van der Waals surface area contributed by atoms with Gasteiger partial charge in [0.25, 0.3) is 0 Å². The van der Waals surface area contributed by atoms with Crippen molar-refractivity contribution in [1.82, 2.24) is 9.88 Å². The molecule has 1 amide bonds.